The van der Waals surface area contributed by atoms with Crippen molar-refractivity contribution in [2.75, 3.05) is 31.9 Å². The number of hydrogen-bond donors (Lipinski definition) is 2. The summed E-state index contributed by atoms with van der Waals surface area (Å²) in [6.45, 7) is 0.0530. The standard InChI is InChI=1S/C9H15F3N2OS/c10-9(11,12)6-14-3-1-7(5-14)8(15)13-2-4-16/h7,16H,1-6H2,(H,13,15). The summed E-state index contributed by atoms with van der Waals surface area (Å²) in [7, 11) is 0. The molecule has 94 valence electrons. The zero-order chi connectivity index (χ0) is 12.2. The number of amides is 1. The van der Waals surface area contributed by atoms with Crippen LogP contribution in [-0.4, -0.2) is 48.9 Å². The molecule has 0 bridgehead atoms. The summed E-state index contributed by atoms with van der Waals surface area (Å²) in [5.41, 5.74) is 0. The molecule has 7 heteroatoms. The Morgan fingerprint density at radius 2 is 2.19 bits per heavy atom. The molecule has 0 radical (unpaired) electrons. The van der Waals surface area contributed by atoms with Gasteiger partial charge < -0.3 is 5.32 Å². The lowest BCUT2D eigenvalue weighted by molar-refractivity contribution is -0.144. The zero-order valence-corrected chi connectivity index (χ0v) is 9.65. The van der Waals surface area contributed by atoms with Gasteiger partial charge in [-0.25, -0.2) is 0 Å². The predicted molar refractivity (Wildman–Crippen MR) is 57.5 cm³/mol. The Kier molecular flexibility index (Phi) is 4.91. The molecule has 1 aliphatic heterocycles. The van der Waals surface area contributed by atoms with Crippen LogP contribution in [0.1, 0.15) is 6.42 Å². The van der Waals surface area contributed by atoms with E-state index in [1.54, 1.807) is 0 Å². The number of thiol groups is 1. The van der Waals surface area contributed by atoms with Gasteiger partial charge in [0.15, 0.2) is 0 Å². The van der Waals surface area contributed by atoms with Crippen molar-refractivity contribution in [3.8, 4) is 0 Å². The second-order valence-corrected chi connectivity index (χ2v) is 4.30. The Hall–Kier alpha value is -0.430. The van der Waals surface area contributed by atoms with Crippen molar-refractivity contribution in [2.24, 2.45) is 5.92 Å². The molecule has 16 heavy (non-hydrogen) atoms. The van der Waals surface area contributed by atoms with E-state index in [2.05, 4.69) is 17.9 Å². The van der Waals surface area contributed by atoms with E-state index in [0.717, 1.165) is 0 Å². The first-order chi connectivity index (χ1) is 7.42. The van der Waals surface area contributed by atoms with Crippen LogP contribution in [0.3, 0.4) is 0 Å². The molecule has 1 heterocycles. The molecular formula is C9H15F3N2OS. The van der Waals surface area contributed by atoms with Gasteiger partial charge in [-0.05, 0) is 13.0 Å². The summed E-state index contributed by atoms with van der Waals surface area (Å²) in [4.78, 5) is 12.7. The molecule has 1 amide bonds. The fourth-order valence-electron chi connectivity index (χ4n) is 1.77. The van der Waals surface area contributed by atoms with Crippen molar-refractivity contribution in [3.05, 3.63) is 0 Å². The summed E-state index contributed by atoms with van der Waals surface area (Å²) in [5, 5.41) is 2.63. The minimum atomic E-state index is -4.18. The highest BCUT2D eigenvalue weighted by Crippen LogP contribution is 2.22. The maximum atomic E-state index is 12.1. The van der Waals surface area contributed by atoms with Crippen LogP contribution in [0.4, 0.5) is 13.2 Å². The molecule has 0 aliphatic carbocycles. The molecule has 0 aromatic heterocycles. The van der Waals surface area contributed by atoms with Crippen molar-refractivity contribution in [1.82, 2.24) is 10.2 Å². The van der Waals surface area contributed by atoms with Gasteiger partial charge in [-0.15, -0.1) is 0 Å². The van der Waals surface area contributed by atoms with Gasteiger partial charge in [0.2, 0.25) is 5.91 Å². The molecule has 0 saturated carbocycles. The Balaban J connectivity index is 2.32. The molecule has 1 saturated heterocycles. The number of carbonyl (C=O) groups is 1. The van der Waals surface area contributed by atoms with Crippen molar-refractivity contribution >= 4 is 18.5 Å². The molecule has 1 rings (SSSR count). The van der Waals surface area contributed by atoms with Crippen molar-refractivity contribution < 1.29 is 18.0 Å². The molecule has 1 N–H and O–H groups in total. The Labute approximate surface area is 97.8 Å². The van der Waals surface area contributed by atoms with Crippen LogP contribution in [0.2, 0.25) is 0 Å². The number of carbonyl (C=O) groups excluding carboxylic acids is 1. The van der Waals surface area contributed by atoms with Gasteiger partial charge in [0.25, 0.3) is 0 Å². The van der Waals surface area contributed by atoms with Crippen molar-refractivity contribution in [3.63, 3.8) is 0 Å². The first-order valence-electron chi connectivity index (χ1n) is 5.10. The van der Waals surface area contributed by atoms with E-state index in [4.69, 9.17) is 0 Å². The highest BCUT2D eigenvalue weighted by Gasteiger charge is 2.36. The third-order valence-corrected chi connectivity index (χ3v) is 2.68. The maximum Gasteiger partial charge on any atom is 0.401 e. The molecule has 0 aromatic carbocycles. The van der Waals surface area contributed by atoms with E-state index < -0.39 is 12.7 Å². The van der Waals surface area contributed by atoms with Crippen LogP contribution in [0.5, 0.6) is 0 Å². The molecule has 1 atom stereocenters. The average molecular weight is 256 g/mol. The van der Waals surface area contributed by atoms with Gasteiger partial charge in [-0.3, -0.25) is 9.69 Å². The van der Waals surface area contributed by atoms with Crippen LogP contribution < -0.4 is 5.32 Å². The molecule has 1 fully saturated rings. The Morgan fingerprint density at radius 1 is 1.50 bits per heavy atom. The zero-order valence-electron chi connectivity index (χ0n) is 8.76. The quantitative estimate of drug-likeness (QED) is 0.733. The van der Waals surface area contributed by atoms with Crippen molar-refractivity contribution in [2.45, 2.75) is 12.6 Å². The smallest absolute Gasteiger partial charge is 0.355 e. The molecule has 1 aliphatic rings. The fraction of sp³-hybridized carbons (Fsp3) is 0.889. The minimum absolute atomic E-state index is 0.168. The number of nitrogens with one attached hydrogen (secondary N) is 1. The number of rotatable bonds is 4. The number of likely N-dealkylation sites (tertiary alicyclic amines) is 1. The summed E-state index contributed by atoms with van der Waals surface area (Å²) >= 11 is 3.94. The van der Waals surface area contributed by atoms with Gasteiger partial charge in [-0.2, -0.15) is 25.8 Å². The van der Waals surface area contributed by atoms with Crippen LogP contribution in [-0.2, 0) is 4.79 Å². The average Bonchev–Trinajstić information content (AvgIpc) is 2.59. The highest BCUT2D eigenvalue weighted by molar-refractivity contribution is 7.80. The summed E-state index contributed by atoms with van der Waals surface area (Å²) in [6.07, 6.45) is -3.69. The van der Waals surface area contributed by atoms with Gasteiger partial charge in [0.1, 0.15) is 0 Å². The molecule has 0 aromatic rings. The lowest BCUT2D eigenvalue weighted by atomic mass is 10.1. The second-order valence-electron chi connectivity index (χ2n) is 3.85. The van der Waals surface area contributed by atoms with E-state index in [0.29, 0.717) is 25.3 Å². The van der Waals surface area contributed by atoms with Crippen molar-refractivity contribution in [1.29, 1.82) is 0 Å². The third-order valence-electron chi connectivity index (χ3n) is 2.46. The fourth-order valence-corrected chi connectivity index (χ4v) is 1.88. The second kappa shape index (κ2) is 5.77. The van der Waals surface area contributed by atoms with Gasteiger partial charge in [0, 0.05) is 18.8 Å². The Morgan fingerprint density at radius 3 is 2.75 bits per heavy atom. The topological polar surface area (TPSA) is 32.3 Å². The van der Waals surface area contributed by atoms with E-state index in [1.165, 1.54) is 4.90 Å². The van der Waals surface area contributed by atoms with Crippen LogP contribution in [0.25, 0.3) is 0 Å². The minimum Gasteiger partial charge on any atom is -0.355 e. The molecule has 1 unspecified atom stereocenters. The normalized spacial score (nSPS) is 22.4. The first kappa shape index (κ1) is 13.6. The SMILES string of the molecule is O=C(NCCS)C1CCN(CC(F)(F)F)C1. The monoisotopic (exact) mass is 256 g/mol. The predicted octanol–water partition coefficient (Wildman–Crippen LogP) is 0.917. The number of nitrogens with zero attached hydrogens (tertiary/aromatic N) is 1. The highest BCUT2D eigenvalue weighted by atomic mass is 32.1. The number of alkyl halides is 3. The lowest BCUT2D eigenvalue weighted by Crippen LogP contribution is -2.36. The van der Waals surface area contributed by atoms with Crippen LogP contribution >= 0.6 is 12.6 Å². The summed E-state index contributed by atoms with van der Waals surface area (Å²) in [5.74, 6) is 0.0472. The number of halogens is 3. The van der Waals surface area contributed by atoms with Gasteiger partial charge >= 0.3 is 6.18 Å². The molecule has 3 nitrogen and oxygen atoms in total. The molecule has 0 spiro atoms. The summed E-state index contributed by atoms with van der Waals surface area (Å²) < 4.78 is 36.3. The Bertz CT molecular complexity index is 247. The van der Waals surface area contributed by atoms with Gasteiger partial charge in [-0.1, -0.05) is 0 Å². The largest absolute Gasteiger partial charge is 0.401 e. The van der Waals surface area contributed by atoms with E-state index >= 15 is 0 Å². The third kappa shape index (κ3) is 4.61. The first-order valence-corrected chi connectivity index (χ1v) is 5.73. The number of hydrogen-bond acceptors (Lipinski definition) is 3. The van der Waals surface area contributed by atoms with Crippen LogP contribution in [0, 0.1) is 5.92 Å². The van der Waals surface area contributed by atoms with E-state index in [1.807, 2.05) is 0 Å². The maximum absolute atomic E-state index is 12.1. The van der Waals surface area contributed by atoms with E-state index in [-0.39, 0.29) is 18.4 Å². The van der Waals surface area contributed by atoms with Gasteiger partial charge in [0.05, 0.1) is 12.5 Å². The lowest BCUT2D eigenvalue weighted by Gasteiger charge is -2.17. The van der Waals surface area contributed by atoms with Crippen LogP contribution in [0.15, 0.2) is 0 Å². The summed E-state index contributed by atoms with van der Waals surface area (Å²) in [6, 6.07) is 0. The molecular weight excluding hydrogens is 241 g/mol. The van der Waals surface area contributed by atoms with E-state index in [9.17, 15) is 18.0 Å².